The number of nitrogens with one attached hydrogen (secondary N) is 1. The number of aliphatic imine (C=N–C) groups is 1. The summed E-state index contributed by atoms with van der Waals surface area (Å²) in [5.74, 6) is -1.71. The maximum atomic E-state index is 13.2. The molecule has 3 rings (SSSR count). The Kier molecular flexibility index (Phi) is 2.70. The van der Waals surface area contributed by atoms with Crippen molar-refractivity contribution in [1.82, 2.24) is 10.3 Å². The molecule has 1 aromatic rings. The fourth-order valence-electron chi connectivity index (χ4n) is 2.13. The standard InChI is InChI=1S/C12H9FN4O3/c13-6-1-2-7-8(3-6)14-5-17-9(4-10(18)19)12(20)16-15-11(7)17/h1-3,5,9H,4H2,(H,16,20)(H,18,19)/t9-/m0/s1. The third-order valence-electron chi connectivity index (χ3n) is 3.04. The molecular formula is C12H9FN4O3. The van der Waals surface area contributed by atoms with Crippen LogP contribution in [-0.2, 0) is 9.59 Å². The second kappa shape index (κ2) is 4.41. The van der Waals surface area contributed by atoms with Gasteiger partial charge in [-0.3, -0.25) is 9.59 Å². The van der Waals surface area contributed by atoms with Crippen LogP contribution < -0.4 is 5.43 Å². The first-order valence-corrected chi connectivity index (χ1v) is 5.78. The molecule has 0 saturated heterocycles. The van der Waals surface area contributed by atoms with Crippen LogP contribution in [0.5, 0.6) is 0 Å². The number of aliphatic carboxylic acids is 1. The second-order valence-electron chi connectivity index (χ2n) is 4.34. The monoisotopic (exact) mass is 276 g/mol. The molecule has 20 heavy (non-hydrogen) atoms. The van der Waals surface area contributed by atoms with Crippen LogP contribution in [0.4, 0.5) is 10.1 Å². The zero-order valence-corrected chi connectivity index (χ0v) is 10.1. The maximum absolute atomic E-state index is 13.2. The Morgan fingerprint density at radius 1 is 1.50 bits per heavy atom. The number of carboxylic acid groups (broad SMARTS) is 1. The molecule has 0 bridgehead atoms. The maximum Gasteiger partial charge on any atom is 0.306 e. The van der Waals surface area contributed by atoms with Gasteiger partial charge < -0.3 is 10.0 Å². The van der Waals surface area contributed by atoms with Crippen LogP contribution in [0.1, 0.15) is 12.0 Å². The highest BCUT2D eigenvalue weighted by Gasteiger charge is 2.36. The first-order chi connectivity index (χ1) is 9.56. The number of rotatable bonds is 2. The number of carbonyl (C=O) groups excluding carboxylic acids is 1. The molecule has 1 atom stereocenters. The van der Waals surface area contributed by atoms with E-state index in [2.05, 4.69) is 15.5 Å². The van der Waals surface area contributed by atoms with E-state index in [-0.39, 0.29) is 6.42 Å². The number of fused-ring (bicyclic) bond motifs is 3. The minimum atomic E-state index is -1.11. The van der Waals surface area contributed by atoms with E-state index in [1.165, 1.54) is 29.4 Å². The molecule has 1 aromatic carbocycles. The Labute approximate surface area is 112 Å². The first-order valence-electron chi connectivity index (χ1n) is 5.78. The van der Waals surface area contributed by atoms with Gasteiger partial charge in [0, 0.05) is 11.6 Å². The first kappa shape index (κ1) is 12.3. The molecule has 8 heteroatoms. The molecule has 0 fully saturated rings. The van der Waals surface area contributed by atoms with Gasteiger partial charge in [0.2, 0.25) is 0 Å². The van der Waals surface area contributed by atoms with Gasteiger partial charge in [-0.15, -0.1) is 0 Å². The highest BCUT2D eigenvalue weighted by molar-refractivity contribution is 6.14. The van der Waals surface area contributed by atoms with E-state index in [9.17, 15) is 14.0 Å². The zero-order valence-electron chi connectivity index (χ0n) is 10.1. The second-order valence-corrected chi connectivity index (χ2v) is 4.34. The number of hydrazone groups is 1. The Morgan fingerprint density at radius 2 is 2.30 bits per heavy atom. The SMILES string of the molecule is O=C(O)C[C@H]1C(=O)NN=C2c3ccc(F)cc3N=CN21. The highest BCUT2D eigenvalue weighted by atomic mass is 19.1. The lowest BCUT2D eigenvalue weighted by molar-refractivity contribution is -0.140. The van der Waals surface area contributed by atoms with E-state index >= 15 is 0 Å². The van der Waals surface area contributed by atoms with Crippen molar-refractivity contribution in [1.29, 1.82) is 0 Å². The lowest BCUT2D eigenvalue weighted by atomic mass is 10.1. The molecule has 1 amide bonds. The average Bonchev–Trinajstić information content (AvgIpc) is 2.40. The largest absolute Gasteiger partial charge is 0.481 e. The van der Waals surface area contributed by atoms with Crippen molar-refractivity contribution in [3.05, 3.63) is 29.6 Å². The molecule has 0 spiro atoms. The van der Waals surface area contributed by atoms with Crippen molar-refractivity contribution in [2.75, 3.05) is 0 Å². The summed E-state index contributed by atoms with van der Waals surface area (Å²) in [5, 5.41) is 12.8. The topological polar surface area (TPSA) is 94.4 Å². The zero-order chi connectivity index (χ0) is 14.3. The number of nitrogens with zero attached hydrogens (tertiary/aromatic N) is 3. The average molecular weight is 276 g/mol. The summed E-state index contributed by atoms with van der Waals surface area (Å²) < 4.78 is 13.2. The predicted octanol–water partition coefficient (Wildman–Crippen LogP) is 0.436. The van der Waals surface area contributed by atoms with Gasteiger partial charge in [0.15, 0.2) is 5.84 Å². The Balaban J connectivity index is 2.04. The van der Waals surface area contributed by atoms with Gasteiger partial charge in [-0.2, -0.15) is 5.10 Å². The van der Waals surface area contributed by atoms with Crippen molar-refractivity contribution < 1.29 is 19.1 Å². The smallest absolute Gasteiger partial charge is 0.306 e. The molecule has 102 valence electrons. The molecule has 2 heterocycles. The molecule has 7 nitrogen and oxygen atoms in total. The van der Waals surface area contributed by atoms with Crippen LogP contribution in [0.25, 0.3) is 0 Å². The van der Waals surface area contributed by atoms with Crippen molar-refractivity contribution in [3.8, 4) is 0 Å². The molecule has 0 aliphatic carbocycles. The molecule has 2 N–H and O–H groups in total. The summed E-state index contributed by atoms with van der Waals surface area (Å²) in [7, 11) is 0. The van der Waals surface area contributed by atoms with Crippen LogP contribution in [0.2, 0.25) is 0 Å². The van der Waals surface area contributed by atoms with E-state index in [0.29, 0.717) is 17.1 Å². The number of hydrogen-bond donors (Lipinski definition) is 2. The van der Waals surface area contributed by atoms with Crippen LogP contribution in [0.15, 0.2) is 28.3 Å². The summed E-state index contributed by atoms with van der Waals surface area (Å²) in [6, 6.07) is 3.06. The van der Waals surface area contributed by atoms with Gasteiger partial charge in [-0.25, -0.2) is 14.8 Å². The number of amidine groups is 1. The van der Waals surface area contributed by atoms with E-state index in [0.717, 1.165) is 0 Å². The summed E-state index contributed by atoms with van der Waals surface area (Å²) >= 11 is 0. The van der Waals surface area contributed by atoms with E-state index < -0.39 is 23.7 Å². The minimum Gasteiger partial charge on any atom is -0.481 e. The van der Waals surface area contributed by atoms with Gasteiger partial charge in [0.25, 0.3) is 5.91 Å². The van der Waals surface area contributed by atoms with Crippen LogP contribution >= 0.6 is 0 Å². The molecule has 2 aliphatic heterocycles. The fourth-order valence-corrected chi connectivity index (χ4v) is 2.13. The number of carbonyl (C=O) groups is 2. The van der Waals surface area contributed by atoms with Crippen LogP contribution in [0.3, 0.4) is 0 Å². The lowest BCUT2D eigenvalue weighted by Gasteiger charge is -2.34. The minimum absolute atomic E-state index is 0.348. The summed E-state index contributed by atoms with van der Waals surface area (Å²) in [6.45, 7) is 0. The number of hydrogen-bond acceptors (Lipinski definition) is 5. The number of carboxylic acids is 1. The molecule has 2 aliphatic rings. The number of benzene rings is 1. The normalized spacial score (nSPS) is 19.9. The predicted molar refractivity (Wildman–Crippen MR) is 67.1 cm³/mol. The van der Waals surface area contributed by atoms with Gasteiger partial charge in [0.05, 0.1) is 18.4 Å². The van der Waals surface area contributed by atoms with Gasteiger partial charge in [0.1, 0.15) is 11.9 Å². The van der Waals surface area contributed by atoms with Crippen molar-refractivity contribution in [2.24, 2.45) is 10.1 Å². The third-order valence-corrected chi connectivity index (χ3v) is 3.04. The van der Waals surface area contributed by atoms with E-state index in [1.54, 1.807) is 0 Å². The molecule has 0 unspecified atom stereocenters. The highest BCUT2D eigenvalue weighted by Crippen LogP contribution is 2.28. The van der Waals surface area contributed by atoms with Crippen molar-refractivity contribution in [2.45, 2.75) is 12.5 Å². The number of amides is 1. The third kappa shape index (κ3) is 1.91. The van der Waals surface area contributed by atoms with E-state index in [1.807, 2.05) is 0 Å². The Hall–Kier alpha value is -2.77. The molecule has 0 aromatic heterocycles. The Morgan fingerprint density at radius 3 is 3.05 bits per heavy atom. The lowest BCUT2D eigenvalue weighted by Crippen LogP contribution is -2.54. The summed E-state index contributed by atoms with van der Waals surface area (Å²) in [6.07, 6.45) is 0.917. The molecule has 0 radical (unpaired) electrons. The fraction of sp³-hybridized carbons (Fsp3) is 0.167. The van der Waals surface area contributed by atoms with E-state index in [4.69, 9.17) is 5.11 Å². The quantitative estimate of drug-likeness (QED) is 0.819. The molecular weight excluding hydrogens is 267 g/mol. The summed E-state index contributed by atoms with van der Waals surface area (Å²) in [5.41, 5.74) is 3.19. The van der Waals surface area contributed by atoms with Gasteiger partial charge in [-0.1, -0.05) is 0 Å². The van der Waals surface area contributed by atoms with Crippen LogP contribution in [-0.4, -0.2) is 40.1 Å². The summed E-state index contributed by atoms with van der Waals surface area (Å²) in [4.78, 5) is 28.0. The molecule has 0 saturated carbocycles. The number of halogens is 1. The van der Waals surface area contributed by atoms with Gasteiger partial charge >= 0.3 is 5.97 Å². The van der Waals surface area contributed by atoms with Gasteiger partial charge in [-0.05, 0) is 12.1 Å². The Bertz CT molecular complexity index is 671. The van der Waals surface area contributed by atoms with Crippen LogP contribution in [0, 0.1) is 5.82 Å². The van der Waals surface area contributed by atoms with Crippen molar-refractivity contribution in [3.63, 3.8) is 0 Å². The van der Waals surface area contributed by atoms with Crippen molar-refractivity contribution >= 4 is 29.7 Å².